The summed E-state index contributed by atoms with van der Waals surface area (Å²) in [6, 6.07) is 6.98. The molecule has 0 atom stereocenters. The zero-order valence-corrected chi connectivity index (χ0v) is 14.5. The standard InChI is InChI=1S/C16H14Cl2N4O3/c17-12-8-19-22(16(25)15(12)18)9-13(23)20-10-3-1-4-11(7-10)21-6-2-5-14(21)24/h1,3-4,7-8H,2,5-6,9H2,(H,20,23). The van der Waals surface area contributed by atoms with E-state index in [9.17, 15) is 14.4 Å². The molecule has 2 amide bonds. The third-order valence-electron chi connectivity index (χ3n) is 3.75. The Bertz CT molecular complexity index is 897. The molecule has 1 aliphatic rings. The third-order valence-corrected chi connectivity index (χ3v) is 4.50. The molecule has 1 N–H and O–H groups in total. The number of anilines is 2. The number of aromatic nitrogens is 2. The number of rotatable bonds is 4. The van der Waals surface area contributed by atoms with Gasteiger partial charge in [-0.25, -0.2) is 4.68 Å². The van der Waals surface area contributed by atoms with Crippen LogP contribution in [0, 0.1) is 0 Å². The number of nitrogens with zero attached hydrogens (tertiary/aromatic N) is 3. The lowest BCUT2D eigenvalue weighted by Gasteiger charge is -2.16. The lowest BCUT2D eigenvalue weighted by atomic mass is 10.2. The maximum absolute atomic E-state index is 12.2. The highest BCUT2D eigenvalue weighted by molar-refractivity contribution is 6.41. The van der Waals surface area contributed by atoms with Gasteiger partial charge in [-0.05, 0) is 24.6 Å². The van der Waals surface area contributed by atoms with Gasteiger partial charge in [-0.15, -0.1) is 0 Å². The highest BCUT2D eigenvalue weighted by Crippen LogP contribution is 2.24. The van der Waals surface area contributed by atoms with Gasteiger partial charge in [0.1, 0.15) is 11.6 Å². The van der Waals surface area contributed by atoms with Crippen molar-refractivity contribution in [3.8, 4) is 0 Å². The lowest BCUT2D eigenvalue weighted by molar-refractivity contribution is -0.117. The van der Waals surface area contributed by atoms with Gasteiger partial charge in [-0.2, -0.15) is 5.10 Å². The fourth-order valence-corrected chi connectivity index (χ4v) is 2.84. The molecule has 1 aromatic carbocycles. The minimum atomic E-state index is -0.638. The summed E-state index contributed by atoms with van der Waals surface area (Å²) in [6.45, 7) is 0.363. The van der Waals surface area contributed by atoms with E-state index in [1.54, 1.807) is 23.1 Å². The monoisotopic (exact) mass is 380 g/mol. The first-order valence-electron chi connectivity index (χ1n) is 7.57. The number of hydrogen-bond donors (Lipinski definition) is 1. The van der Waals surface area contributed by atoms with Gasteiger partial charge in [-0.3, -0.25) is 14.4 Å². The summed E-state index contributed by atoms with van der Waals surface area (Å²) >= 11 is 11.5. The maximum atomic E-state index is 12.2. The molecule has 3 rings (SSSR count). The van der Waals surface area contributed by atoms with Crippen LogP contribution in [0.25, 0.3) is 0 Å². The smallest absolute Gasteiger partial charge is 0.287 e. The highest BCUT2D eigenvalue weighted by Gasteiger charge is 2.21. The lowest BCUT2D eigenvalue weighted by Crippen LogP contribution is -2.30. The van der Waals surface area contributed by atoms with Crippen LogP contribution in [0.2, 0.25) is 10.0 Å². The van der Waals surface area contributed by atoms with Crippen LogP contribution in [0.3, 0.4) is 0 Å². The second-order valence-corrected chi connectivity index (χ2v) is 6.30. The Balaban J connectivity index is 1.72. The number of nitrogens with one attached hydrogen (secondary N) is 1. The van der Waals surface area contributed by atoms with E-state index in [2.05, 4.69) is 10.4 Å². The van der Waals surface area contributed by atoms with Crippen LogP contribution in [0.4, 0.5) is 11.4 Å². The molecular formula is C16H14Cl2N4O3. The van der Waals surface area contributed by atoms with Crippen molar-refractivity contribution in [3.63, 3.8) is 0 Å². The van der Waals surface area contributed by atoms with E-state index < -0.39 is 11.5 Å². The van der Waals surface area contributed by atoms with Crippen molar-refractivity contribution in [1.82, 2.24) is 9.78 Å². The second-order valence-electron chi connectivity index (χ2n) is 5.52. The molecule has 2 heterocycles. The van der Waals surface area contributed by atoms with E-state index in [0.717, 1.165) is 16.8 Å². The number of benzene rings is 1. The van der Waals surface area contributed by atoms with E-state index in [1.807, 2.05) is 6.07 Å². The third kappa shape index (κ3) is 3.83. The van der Waals surface area contributed by atoms with Gasteiger partial charge >= 0.3 is 0 Å². The van der Waals surface area contributed by atoms with E-state index in [4.69, 9.17) is 23.2 Å². The summed E-state index contributed by atoms with van der Waals surface area (Å²) in [5, 5.41) is 6.31. The zero-order chi connectivity index (χ0) is 18.0. The van der Waals surface area contributed by atoms with Gasteiger partial charge in [-0.1, -0.05) is 29.3 Å². The molecule has 0 unspecified atom stereocenters. The molecule has 2 aromatic rings. The Morgan fingerprint density at radius 2 is 2.08 bits per heavy atom. The SMILES string of the molecule is O=C(Cn1ncc(Cl)c(Cl)c1=O)Nc1cccc(N2CCCC2=O)c1. The van der Waals surface area contributed by atoms with Crippen molar-refractivity contribution in [2.45, 2.75) is 19.4 Å². The van der Waals surface area contributed by atoms with Crippen LogP contribution in [-0.4, -0.2) is 28.1 Å². The minimum Gasteiger partial charge on any atom is -0.324 e. The van der Waals surface area contributed by atoms with Crippen LogP contribution < -0.4 is 15.8 Å². The largest absolute Gasteiger partial charge is 0.324 e. The van der Waals surface area contributed by atoms with Crippen LogP contribution >= 0.6 is 23.2 Å². The summed E-state index contributed by atoms with van der Waals surface area (Å²) in [5.41, 5.74) is 0.612. The van der Waals surface area contributed by atoms with Crippen molar-refractivity contribution in [2.24, 2.45) is 0 Å². The summed E-state index contributed by atoms with van der Waals surface area (Å²) in [6.07, 6.45) is 2.56. The molecule has 1 saturated heterocycles. The first-order chi connectivity index (χ1) is 12.0. The maximum Gasteiger partial charge on any atom is 0.287 e. The molecule has 0 aliphatic carbocycles. The number of amides is 2. The Morgan fingerprint density at radius 3 is 2.80 bits per heavy atom. The average molecular weight is 381 g/mol. The van der Waals surface area contributed by atoms with Gasteiger partial charge in [0.2, 0.25) is 11.8 Å². The Morgan fingerprint density at radius 1 is 1.28 bits per heavy atom. The van der Waals surface area contributed by atoms with Gasteiger partial charge in [0.05, 0.1) is 11.2 Å². The van der Waals surface area contributed by atoms with Gasteiger partial charge in [0.25, 0.3) is 5.56 Å². The van der Waals surface area contributed by atoms with Crippen LogP contribution in [0.15, 0.2) is 35.3 Å². The topological polar surface area (TPSA) is 84.3 Å². The molecule has 1 aliphatic heterocycles. The van der Waals surface area contributed by atoms with E-state index in [1.165, 1.54) is 6.20 Å². The van der Waals surface area contributed by atoms with Gasteiger partial charge in [0, 0.05) is 24.3 Å². The quantitative estimate of drug-likeness (QED) is 0.881. The number of halogens is 2. The second kappa shape index (κ2) is 7.25. The molecule has 1 fully saturated rings. The molecule has 130 valence electrons. The Labute approximate surface area is 153 Å². The van der Waals surface area contributed by atoms with Crippen molar-refractivity contribution < 1.29 is 9.59 Å². The van der Waals surface area contributed by atoms with E-state index >= 15 is 0 Å². The normalized spacial score (nSPS) is 14.0. The summed E-state index contributed by atoms with van der Waals surface area (Å²) < 4.78 is 0.928. The minimum absolute atomic E-state index is 0.0336. The fourth-order valence-electron chi connectivity index (χ4n) is 2.57. The molecule has 0 radical (unpaired) electrons. The molecular weight excluding hydrogens is 367 g/mol. The Hall–Kier alpha value is -2.38. The molecule has 0 spiro atoms. The van der Waals surface area contributed by atoms with E-state index in [0.29, 0.717) is 18.7 Å². The predicted molar refractivity (Wildman–Crippen MR) is 95.2 cm³/mol. The first kappa shape index (κ1) is 17.4. The molecule has 1 aromatic heterocycles. The van der Waals surface area contributed by atoms with Crippen LogP contribution in [-0.2, 0) is 16.1 Å². The summed E-state index contributed by atoms with van der Waals surface area (Å²) in [5.74, 6) is -0.382. The van der Waals surface area contributed by atoms with Crippen molar-refractivity contribution in [1.29, 1.82) is 0 Å². The predicted octanol–water partition coefficient (Wildman–Crippen LogP) is 2.32. The van der Waals surface area contributed by atoms with Crippen LogP contribution in [0.1, 0.15) is 12.8 Å². The molecule has 0 saturated carbocycles. The highest BCUT2D eigenvalue weighted by atomic mass is 35.5. The number of hydrogen-bond acceptors (Lipinski definition) is 4. The average Bonchev–Trinajstić information content (AvgIpc) is 3.02. The fraction of sp³-hybridized carbons (Fsp3) is 0.250. The molecule has 25 heavy (non-hydrogen) atoms. The van der Waals surface area contributed by atoms with E-state index in [-0.39, 0.29) is 22.5 Å². The van der Waals surface area contributed by atoms with Crippen molar-refractivity contribution in [2.75, 3.05) is 16.8 Å². The van der Waals surface area contributed by atoms with Gasteiger partial charge < -0.3 is 10.2 Å². The molecule has 0 bridgehead atoms. The number of carbonyl (C=O) groups excluding carboxylic acids is 2. The van der Waals surface area contributed by atoms with Crippen molar-refractivity contribution in [3.05, 3.63) is 50.9 Å². The zero-order valence-electron chi connectivity index (χ0n) is 13.0. The molecule has 7 nitrogen and oxygen atoms in total. The van der Waals surface area contributed by atoms with Crippen LogP contribution in [0.5, 0.6) is 0 Å². The summed E-state index contributed by atoms with van der Waals surface area (Å²) in [7, 11) is 0. The number of carbonyl (C=O) groups is 2. The Kier molecular flexibility index (Phi) is 5.06. The van der Waals surface area contributed by atoms with Gasteiger partial charge in [0.15, 0.2) is 0 Å². The van der Waals surface area contributed by atoms with Crippen molar-refractivity contribution >= 4 is 46.4 Å². The molecule has 9 heteroatoms. The first-order valence-corrected chi connectivity index (χ1v) is 8.32. The summed E-state index contributed by atoms with van der Waals surface area (Å²) in [4.78, 5) is 37.6.